The van der Waals surface area contributed by atoms with E-state index in [2.05, 4.69) is 4.98 Å². The smallest absolute Gasteiger partial charge is 0.315 e. The SMILES string of the molecule is O=C(On1cc(C(F)(F)F)nc1-c1ccc(CCl)cc1)N1CCC1. The van der Waals surface area contributed by atoms with Crippen LogP contribution in [0, 0.1) is 0 Å². The highest BCUT2D eigenvalue weighted by Gasteiger charge is 2.36. The number of imidazole rings is 1. The summed E-state index contributed by atoms with van der Waals surface area (Å²) in [4.78, 5) is 21.9. The van der Waals surface area contributed by atoms with Gasteiger partial charge in [0.1, 0.15) is 0 Å². The van der Waals surface area contributed by atoms with E-state index in [1.807, 2.05) is 0 Å². The highest BCUT2D eigenvalue weighted by molar-refractivity contribution is 6.17. The summed E-state index contributed by atoms with van der Waals surface area (Å²) in [6.45, 7) is 1.05. The van der Waals surface area contributed by atoms with Gasteiger partial charge in [-0.1, -0.05) is 24.3 Å². The van der Waals surface area contributed by atoms with Gasteiger partial charge in [0.05, 0.1) is 6.20 Å². The highest BCUT2D eigenvalue weighted by Crippen LogP contribution is 2.31. The Morgan fingerprint density at radius 2 is 1.92 bits per heavy atom. The standard InChI is InChI=1S/C15H13ClF3N3O2/c16-8-10-2-4-11(5-3-10)13-20-12(15(17,18)19)9-22(13)24-14(23)21-6-1-7-21/h2-5,9H,1,6-8H2. The number of rotatable bonds is 3. The largest absolute Gasteiger partial charge is 0.435 e. The Morgan fingerprint density at radius 3 is 2.42 bits per heavy atom. The Labute approximate surface area is 140 Å². The molecule has 128 valence electrons. The Morgan fingerprint density at radius 1 is 1.25 bits per heavy atom. The average Bonchev–Trinajstić information content (AvgIpc) is 2.89. The van der Waals surface area contributed by atoms with E-state index >= 15 is 0 Å². The van der Waals surface area contributed by atoms with E-state index in [0.29, 0.717) is 24.8 Å². The minimum atomic E-state index is -4.64. The fourth-order valence-electron chi connectivity index (χ4n) is 2.15. The molecule has 1 aliphatic rings. The third kappa shape index (κ3) is 3.33. The van der Waals surface area contributed by atoms with Crippen LogP contribution >= 0.6 is 11.6 Å². The summed E-state index contributed by atoms with van der Waals surface area (Å²) in [6.07, 6.45) is -3.83. The van der Waals surface area contributed by atoms with E-state index < -0.39 is 18.0 Å². The molecule has 3 rings (SSSR count). The van der Waals surface area contributed by atoms with Crippen molar-refractivity contribution in [2.24, 2.45) is 0 Å². The molecule has 5 nitrogen and oxygen atoms in total. The van der Waals surface area contributed by atoms with Crippen LogP contribution in [0.2, 0.25) is 0 Å². The van der Waals surface area contributed by atoms with E-state index in [1.165, 1.54) is 4.90 Å². The maximum atomic E-state index is 12.9. The molecule has 0 bridgehead atoms. The first kappa shape index (κ1) is 16.6. The van der Waals surface area contributed by atoms with Crippen molar-refractivity contribution in [3.05, 3.63) is 41.7 Å². The maximum Gasteiger partial charge on any atom is 0.435 e. The van der Waals surface area contributed by atoms with Crippen LogP contribution in [-0.2, 0) is 12.1 Å². The summed E-state index contributed by atoms with van der Waals surface area (Å²) in [7, 11) is 0. The van der Waals surface area contributed by atoms with Crippen LogP contribution in [-0.4, -0.2) is 33.8 Å². The molecule has 0 aliphatic carbocycles. The quantitative estimate of drug-likeness (QED) is 0.787. The van der Waals surface area contributed by atoms with Crippen LogP contribution in [0.15, 0.2) is 30.5 Å². The number of hydrogen-bond acceptors (Lipinski definition) is 3. The molecule has 0 saturated carbocycles. The van der Waals surface area contributed by atoms with Gasteiger partial charge in [-0.3, -0.25) is 0 Å². The average molecular weight is 360 g/mol. The van der Waals surface area contributed by atoms with Gasteiger partial charge >= 0.3 is 12.3 Å². The number of carbonyl (C=O) groups excluding carboxylic acids is 1. The molecule has 1 saturated heterocycles. The molecule has 1 aromatic carbocycles. The van der Waals surface area contributed by atoms with Gasteiger partial charge < -0.3 is 9.74 Å². The van der Waals surface area contributed by atoms with Gasteiger partial charge in [0.2, 0.25) is 0 Å². The second-order valence-corrected chi connectivity index (χ2v) is 5.57. The van der Waals surface area contributed by atoms with Gasteiger partial charge in [-0.05, 0) is 12.0 Å². The molecule has 0 atom stereocenters. The lowest BCUT2D eigenvalue weighted by Crippen LogP contribution is -2.45. The Balaban J connectivity index is 1.95. The molecule has 2 aromatic rings. The molecule has 0 N–H and O–H groups in total. The molecule has 1 aliphatic heterocycles. The second-order valence-electron chi connectivity index (χ2n) is 5.30. The minimum absolute atomic E-state index is 0.0997. The summed E-state index contributed by atoms with van der Waals surface area (Å²) in [6, 6.07) is 6.50. The third-order valence-corrected chi connectivity index (χ3v) is 3.93. The van der Waals surface area contributed by atoms with Gasteiger partial charge in [0.25, 0.3) is 0 Å². The lowest BCUT2D eigenvalue weighted by Gasteiger charge is -2.29. The number of likely N-dealkylation sites (tertiary alicyclic amines) is 1. The first-order valence-corrected chi connectivity index (χ1v) is 7.71. The van der Waals surface area contributed by atoms with E-state index in [0.717, 1.165) is 16.7 Å². The summed E-state index contributed by atoms with van der Waals surface area (Å²) >= 11 is 5.70. The summed E-state index contributed by atoms with van der Waals surface area (Å²) in [5, 5.41) is 0. The molecule has 1 amide bonds. The fourth-order valence-corrected chi connectivity index (χ4v) is 2.32. The van der Waals surface area contributed by atoms with Crippen molar-refractivity contribution in [2.45, 2.75) is 18.5 Å². The van der Waals surface area contributed by atoms with Crippen molar-refractivity contribution in [1.82, 2.24) is 14.6 Å². The molecule has 9 heteroatoms. The molecule has 2 heterocycles. The summed E-state index contributed by atoms with van der Waals surface area (Å²) < 4.78 is 39.6. The summed E-state index contributed by atoms with van der Waals surface area (Å²) in [5.41, 5.74) is 0.0678. The first-order chi connectivity index (χ1) is 11.4. The first-order valence-electron chi connectivity index (χ1n) is 7.17. The zero-order chi connectivity index (χ0) is 17.3. The van der Waals surface area contributed by atoms with Crippen molar-refractivity contribution in [3.63, 3.8) is 0 Å². The third-order valence-electron chi connectivity index (χ3n) is 3.62. The minimum Gasteiger partial charge on any atom is -0.315 e. The summed E-state index contributed by atoms with van der Waals surface area (Å²) in [5.74, 6) is 0.184. The molecule has 0 spiro atoms. The monoisotopic (exact) mass is 359 g/mol. The van der Waals surface area contributed by atoms with Crippen molar-refractivity contribution < 1.29 is 22.8 Å². The molecule has 0 unspecified atom stereocenters. The fraction of sp³-hybridized carbons (Fsp3) is 0.333. The molecule has 1 fully saturated rings. The van der Waals surface area contributed by atoms with E-state index in [-0.39, 0.29) is 11.7 Å². The second kappa shape index (κ2) is 6.35. The van der Waals surface area contributed by atoms with Crippen molar-refractivity contribution in [2.75, 3.05) is 13.1 Å². The number of hydrogen-bond donors (Lipinski definition) is 0. The zero-order valence-corrected chi connectivity index (χ0v) is 13.1. The molecular weight excluding hydrogens is 347 g/mol. The predicted molar refractivity (Wildman–Crippen MR) is 80.4 cm³/mol. The number of nitrogens with zero attached hydrogens (tertiary/aromatic N) is 3. The van der Waals surface area contributed by atoms with E-state index in [4.69, 9.17) is 16.4 Å². The normalized spacial score (nSPS) is 14.4. The van der Waals surface area contributed by atoms with Crippen LogP contribution in [0.3, 0.4) is 0 Å². The predicted octanol–water partition coefficient (Wildman–Crippen LogP) is 3.56. The number of carbonyl (C=O) groups is 1. The molecule has 1 aromatic heterocycles. The number of amides is 1. The van der Waals surface area contributed by atoms with Crippen molar-refractivity contribution in [1.29, 1.82) is 0 Å². The number of alkyl halides is 4. The van der Waals surface area contributed by atoms with Crippen LogP contribution in [0.1, 0.15) is 17.7 Å². The zero-order valence-electron chi connectivity index (χ0n) is 12.4. The van der Waals surface area contributed by atoms with Gasteiger partial charge in [-0.2, -0.15) is 17.9 Å². The Hall–Kier alpha value is -2.22. The highest BCUT2D eigenvalue weighted by atomic mass is 35.5. The van der Waals surface area contributed by atoms with Crippen molar-refractivity contribution >= 4 is 17.7 Å². The number of halogens is 4. The van der Waals surface area contributed by atoms with Crippen LogP contribution in [0.4, 0.5) is 18.0 Å². The topological polar surface area (TPSA) is 47.4 Å². The lowest BCUT2D eigenvalue weighted by molar-refractivity contribution is -0.141. The Bertz CT molecular complexity index is 739. The van der Waals surface area contributed by atoms with Crippen LogP contribution in [0.5, 0.6) is 0 Å². The van der Waals surface area contributed by atoms with Crippen molar-refractivity contribution in [3.8, 4) is 11.4 Å². The van der Waals surface area contributed by atoms with Crippen LogP contribution in [0.25, 0.3) is 11.4 Å². The maximum absolute atomic E-state index is 12.9. The lowest BCUT2D eigenvalue weighted by atomic mass is 10.1. The Kier molecular flexibility index (Phi) is 4.40. The van der Waals surface area contributed by atoms with Gasteiger partial charge in [0.15, 0.2) is 11.5 Å². The molecular formula is C15H13ClF3N3O2. The number of benzene rings is 1. The molecule has 0 radical (unpaired) electrons. The van der Waals surface area contributed by atoms with E-state index in [9.17, 15) is 18.0 Å². The van der Waals surface area contributed by atoms with Gasteiger partial charge in [-0.25, -0.2) is 9.78 Å². The number of aromatic nitrogens is 2. The van der Waals surface area contributed by atoms with Crippen LogP contribution < -0.4 is 4.84 Å². The van der Waals surface area contributed by atoms with E-state index in [1.54, 1.807) is 24.3 Å². The molecule has 24 heavy (non-hydrogen) atoms. The van der Waals surface area contributed by atoms with Gasteiger partial charge in [0, 0.05) is 24.5 Å². The van der Waals surface area contributed by atoms with Gasteiger partial charge in [-0.15, -0.1) is 11.6 Å².